The fraction of sp³-hybridized carbons (Fsp3) is 0.0577. The summed E-state index contributed by atoms with van der Waals surface area (Å²) in [5.41, 5.74) is 13.5. The van der Waals surface area contributed by atoms with Gasteiger partial charge in [-0.25, -0.2) is 15.0 Å². The van der Waals surface area contributed by atoms with Crippen molar-refractivity contribution in [1.82, 2.24) is 15.0 Å². The molecule has 1 aliphatic carbocycles. The molecule has 10 aromatic rings. The summed E-state index contributed by atoms with van der Waals surface area (Å²) in [7, 11) is 0. The number of rotatable bonds is 6. The molecule has 4 heteroatoms. The zero-order valence-corrected chi connectivity index (χ0v) is 31.6. The van der Waals surface area contributed by atoms with Crippen molar-refractivity contribution in [3.8, 4) is 45.0 Å². The average Bonchev–Trinajstić information content (AvgIpc) is 3.81. The van der Waals surface area contributed by atoms with Crippen LogP contribution in [0, 0.1) is 6.92 Å². The van der Waals surface area contributed by atoms with Crippen LogP contribution in [0.3, 0.4) is 0 Å². The largest absolute Gasteiger partial charge is 0.212 e. The van der Waals surface area contributed by atoms with Gasteiger partial charge in [-0.15, -0.1) is 11.3 Å². The van der Waals surface area contributed by atoms with E-state index in [2.05, 4.69) is 146 Å². The Hall–Kier alpha value is -6.75. The minimum Gasteiger partial charge on any atom is -0.212 e. The summed E-state index contributed by atoms with van der Waals surface area (Å²) in [6, 6.07) is 63.1. The Bertz CT molecular complexity index is 3060. The molecule has 0 radical (unpaired) electrons. The molecule has 0 bridgehead atoms. The van der Waals surface area contributed by atoms with Crippen LogP contribution in [0.15, 0.2) is 176 Å². The molecule has 0 N–H and O–H groups in total. The summed E-state index contributed by atoms with van der Waals surface area (Å²) in [6.45, 7) is 2.27. The van der Waals surface area contributed by atoms with Crippen LogP contribution in [-0.2, 0) is 6.42 Å². The van der Waals surface area contributed by atoms with Crippen LogP contribution < -0.4 is 0 Å². The third-order valence-electron chi connectivity index (χ3n) is 11.4. The van der Waals surface area contributed by atoms with Crippen molar-refractivity contribution in [2.24, 2.45) is 0 Å². The molecule has 0 saturated carbocycles. The molecule has 1 unspecified atom stereocenters. The maximum absolute atomic E-state index is 5.31. The van der Waals surface area contributed by atoms with E-state index in [1.165, 1.54) is 81.0 Å². The van der Waals surface area contributed by atoms with Crippen LogP contribution in [0.1, 0.15) is 39.6 Å². The fourth-order valence-corrected chi connectivity index (χ4v) is 10.1. The maximum Gasteiger partial charge on any atom is 0.163 e. The number of fused-ring (bicyclic) bond motifs is 9. The molecule has 1 aliphatic rings. The van der Waals surface area contributed by atoms with Crippen LogP contribution in [0.2, 0.25) is 0 Å². The van der Waals surface area contributed by atoms with E-state index in [0.29, 0.717) is 11.6 Å². The lowest BCUT2D eigenvalue weighted by Gasteiger charge is -2.17. The van der Waals surface area contributed by atoms with Crippen molar-refractivity contribution in [2.45, 2.75) is 19.3 Å². The number of benzene rings is 8. The van der Waals surface area contributed by atoms with Crippen molar-refractivity contribution >= 4 is 42.3 Å². The van der Waals surface area contributed by atoms with E-state index in [-0.39, 0.29) is 5.92 Å². The second-order valence-electron chi connectivity index (χ2n) is 14.7. The molecule has 264 valence electrons. The van der Waals surface area contributed by atoms with Gasteiger partial charge >= 0.3 is 0 Å². The molecule has 2 heterocycles. The van der Waals surface area contributed by atoms with Gasteiger partial charge in [0.1, 0.15) is 5.82 Å². The number of thiophene rings is 1. The van der Waals surface area contributed by atoms with E-state index in [1.807, 2.05) is 47.7 Å². The minimum absolute atomic E-state index is 0.162. The third-order valence-corrected chi connectivity index (χ3v) is 12.6. The first-order valence-corrected chi connectivity index (χ1v) is 20.0. The molecule has 3 nitrogen and oxygen atoms in total. The van der Waals surface area contributed by atoms with Crippen LogP contribution in [0.4, 0.5) is 0 Å². The summed E-state index contributed by atoms with van der Waals surface area (Å²) in [6.07, 6.45) is 0.878. The monoisotopic (exact) mass is 733 g/mol. The molecule has 0 aliphatic heterocycles. The highest BCUT2D eigenvalue weighted by Gasteiger charge is 2.35. The molecular weight excluding hydrogens is 699 g/mol. The van der Waals surface area contributed by atoms with Gasteiger partial charge in [0.05, 0.1) is 5.92 Å². The van der Waals surface area contributed by atoms with Crippen molar-refractivity contribution in [3.63, 3.8) is 0 Å². The molecular formula is C52H35N3S. The van der Waals surface area contributed by atoms with Gasteiger partial charge in [0.15, 0.2) is 11.6 Å². The molecule has 2 aromatic heterocycles. The number of hydrogen-bond donors (Lipinski definition) is 0. The van der Waals surface area contributed by atoms with E-state index in [1.54, 1.807) is 0 Å². The Labute approximate surface area is 329 Å². The van der Waals surface area contributed by atoms with Crippen molar-refractivity contribution in [2.75, 3.05) is 0 Å². The molecule has 1 atom stereocenters. The molecule has 0 fully saturated rings. The zero-order valence-electron chi connectivity index (χ0n) is 30.8. The van der Waals surface area contributed by atoms with Crippen LogP contribution in [-0.4, -0.2) is 15.0 Å². The highest BCUT2D eigenvalue weighted by molar-refractivity contribution is 7.26. The maximum atomic E-state index is 5.31. The van der Waals surface area contributed by atoms with Crippen LogP contribution in [0.5, 0.6) is 0 Å². The number of hydrogen-bond acceptors (Lipinski definition) is 4. The predicted octanol–water partition coefficient (Wildman–Crippen LogP) is 13.5. The Morgan fingerprint density at radius 2 is 1.14 bits per heavy atom. The van der Waals surface area contributed by atoms with E-state index >= 15 is 0 Å². The summed E-state index contributed by atoms with van der Waals surface area (Å²) in [4.78, 5) is 15.7. The molecule has 0 saturated heterocycles. The second kappa shape index (κ2) is 13.2. The second-order valence-corrected chi connectivity index (χ2v) is 15.8. The first-order chi connectivity index (χ1) is 27.7. The van der Waals surface area contributed by atoms with E-state index in [9.17, 15) is 0 Å². The predicted molar refractivity (Wildman–Crippen MR) is 233 cm³/mol. The highest BCUT2D eigenvalue weighted by Crippen LogP contribution is 2.54. The summed E-state index contributed by atoms with van der Waals surface area (Å²) in [5.74, 6) is 1.98. The van der Waals surface area contributed by atoms with Gasteiger partial charge < -0.3 is 0 Å². The van der Waals surface area contributed by atoms with Gasteiger partial charge in [-0.3, -0.25) is 0 Å². The first-order valence-electron chi connectivity index (χ1n) is 19.2. The molecule has 56 heavy (non-hydrogen) atoms. The van der Waals surface area contributed by atoms with Crippen molar-refractivity contribution < 1.29 is 0 Å². The molecule has 0 spiro atoms. The fourth-order valence-electron chi connectivity index (χ4n) is 8.85. The SMILES string of the molecule is Cc1ccc2ccc3sc4c5c(ccc4c3c2c1-c1ccccc1Cc1ccccc1)-c1ccccc1C5c1nc(-c2ccccc2)nc(-c2ccccc2)n1. The van der Waals surface area contributed by atoms with Gasteiger partial charge in [-0.05, 0) is 80.3 Å². The first kappa shape index (κ1) is 32.7. The Morgan fingerprint density at radius 1 is 0.518 bits per heavy atom. The summed E-state index contributed by atoms with van der Waals surface area (Å²) in [5, 5.41) is 5.17. The Kier molecular flexibility index (Phi) is 7.71. The normalized spacial score (nSPS) is 13.3. The van der Waals surface area contributed by atoms with E-state index in [4.69, 9.17) is 15.0 Å². The van der Waals surface area contributed by atoms with Gasteiger partial charge in [0, 0.05) is 31.3 Å². The Morgan fingerprint density at radius 3 is 1.88 bits per heavy atom. The van der Waals surface area contributed by atoms with Gasteiger partial charge in [-0.1, -0.05) is 170 Å². The topological polar surface area (TPSA) is 38.7 Å². The molecule has 11 rings (SSSR count). The lowest BCUT2D eigenvalue weighted by molar-refractivity contribution is 0.861. The minimum atomic E-state index is -0.162. The van der Waals surface area contributed by atoms with Crippen LogP contribution >= 0.6 is 11.3 Å². The summed E-state index contributed by atoms with van der Waals surface area (Å²) < 4.78 is 2.58. The average molecular weight is 734 g/mol. The lowest BCUT2D eigenvalue weighted by atomic mass is 9.87. The van der Waals surface area contributed by atoms with Crippen molar-refractivity contribution in [3.05, 3.63) is 210 Å². The Balaban J connectivity index is 1.18. The van der Waals surface area contributed by atoms with Crippen LogP contribution in [0.25, 0.3) is 76.0 Å². The van der Waals surface area contributed by atoms with E-state index < -0.39 is 0 Å². The van der Waals surface area contributed by atoms with Gasteiger partial charge in [0.2, 0.25) is 0 Å². The molecule has 0 amide bonds. The number of aromatic nitrogens is 3. The third kappa shape index (κ3) is 5.29. The quantitative estimate of drug-likeness (QED) is 0.171. The van der Waals surface area contributed by atoms with Gasteiger partial charge in [-0.2, -0.15) is 0 Å². The van der Waals surface area contributed by atoms with E-state index in [0.717, 1.165) is 23.4 Å². The number of aryl methyl sites for hydroxylation is 1. The standard InChI is InChI=1S/C52H35N3S/c1-32-25-26-34-27-30-43-46(45(34)44(32)38-22-12-11-21-37(38)31-33-15-5-2-6-16-33)42-29-28-41-39-23-13-14-24-40(39)48(47(41)49(42)56-43)52-54-50(35-17-7-3-8-18-35)53-51(55-52)36-19-9-4-10-20-36/h2-30,48H,31H2,1H3. The number of nitrogens with zero attached hydrogens (tertiary/aromatic N) is 3. The zero-order chi connectivity index (χ0) is 37.2. The highest BCUT2D eigenvalue weighted by atomic mass is 32.1. The molecule has 8 aromatic carbocycles. The lowest BCUT2D eigenvalue weighted by Crippen LogP contribution is -2.09. The summed E-state index contributed by atoms with van der Waals surface area (Å²) >= 11 is 1.90. The smallest absolute Gasteiger partial charge is 0.163 e. The van der Waals surface area contributed by atoms with Crippen molar-refractivity contribution in [1.29, 1.82) is 0 Å². The van der Waals surface area contributed by atoms with Gasteiger partial charge in [0.25, 0.3) is 0 Å².